The van der Waals surface area contributed by atoms with E-state index in [4.69, 9.17) is 5.73 Å². The molecule has 0 heterocycles. The fourth-order valence-electron chi connectivity index (χ4n) is 2.28. The number of carbonyl (C=O) groups excluding carboxylic acids is 1. The molecule has 2 aromatic carbocycles. The van der Waals surface area contributed by atoms with Gasteiger partial charge >= 0.3 is 0 Å². The van der Waals surface area contributed by atoms with Crippen molar-refractivity contribution in [2.75, 3.05) is 0 Å². The molecule has 1 aliphatic rings. The van der Waals surface area contributed by atoms with Crippen LogP contribution in [0.5, 0.6) is 0 Å². The Labute approximate surface area is 93.7 Å². The molecule has 2 N–H and O–H groups in total. The Kier molecular flexibility index (Phi) is 1.83. The first kappa shape index (κ1) is 9.16. The van der Waals surface area contributed by atoms with Crippen molar-refractivity contribution in [2.45, 2.75) is 6.42 Å². The summed E-state index contributed by atoms with van der Waals surface area (Å²) in [6, 6.07) is 14.0. The second kappa shape index (κ2) is 3.20. The van der Waals surface area contributed by atoms with E-state index in [-0.39, 0.29) is 5.91 Å². The van der Waals surface area contributed by atoms with E-state index >= 15 is 0 Å². The quantitative estimate of drug-likeness (QED) is 0.656. The number of hydrogen-bond donors (Lipinski definition) is 1. The SMILES string of the molecule is NC(=O)c1ccc2c(c1)-c1ccccc1C2. The second-order valence-electron chi connectivity index (χ2n) is 4.07. The molecule has 0 fully saturated rings. The van der Waals surface area contributed by atoms with Crippen molar-refractivity contribution < 1.29 is 4.79 Å². The van der Waals surface area contributed by atoms with Crippen molar-refractivity contribution in [3.8, 4) is 11.1 Å². The van der Waals surface area contributed by atoms with Gasteiger partial charge in [0.15, 0.2) is 0 Å². The van der Waals surface area contributed by atoms with E-state index in [9.17, 15) is 4.79 Å². The molecule has 0 aliphatic heterocycles. The van der Waals surface area contributed by atoms with Crippen LogP contribution in [0.25, 0.3) is 11.1 Å². The molecule has 0 saturated carbocycles. The molecule has 1 aliphatic carbocycles. The van der Waals surface area contributed by atoms with E-state index < -0.39 is 0 Å². The number of fused-ring (bicyclic) bond motifs is 3. The number of benzene rings is 2. The summed E-state index contributed by atoms with van der Waals surface area (Å²) in [4.78, 5) is 11.1. The zero-order chi connectivity index (χ0) is 11.1. The van der Waals surface area contributed by atoms with Gasteiger partial charge in [0.2, 0.25) is 5.91 Å². The maximum atomic E-state index is 11.1. The van der Waals surface area contributed by atoms with Crippen molar-refractivity contribution in [1.29, 1.82) is 0 Å². The Morgan fingerprint density at radius 1 is 1.00 bits per heavy atom. The molecule has 0 saturated heterocycles. The maximum absolute atomic E-state index is 11.1. The summed E-state index contributed by atoms with van der Waals surface area (Å²) in [7, 11) is 0. The topological polar surface area (TPSA) is 43.1 Å². The van der Waals surface area contributed by atoms with Crippen LogP contribution in [0, 0.1) is 0 Å². The molecule has 78 valence electrons. The van der Waals surface area contributed by atoms with E-state index in [0.29, 0.717) is 5.56 Å². The van der Waals surface area contributed by atoms with E-state index in [1.807, 2.05) is 24.3 Å². The smallest absolute Gasteiger partial charge is 0.248 e. The van der Waals surface area contributed by atoms with Crippen LogP contribution in [0.1, 0.15) is 21.5 Å². The Morgan fingerprint density at radius 2 is 1.75 bits per heavy atom. The highest BCUT2D eigenvalue weighted by molar-refractivity contribution is 5.95. The molecule has 0 bridgehead atoms. The number of hydrogen-bond acceptors (Lipinski definition) is 1. The van der Waals surface area contributed by atoms with Gasteiger partial charge < -0.3 is 5.73 Å². The van der Waals surface area contributed by atoms with Crippen LogP contribution in [-0.4, -0.2) is 5.91 Å². The Bertz CT molecular complexity index is 587. The Hall–Kier alpha value is -2.09. The lowest BCUT2D eigenvalue weighted by molar-refractivity contribution is 0.100. The first-order chi connectivity index (χ1) is 7.75. The van der Waals surface area contributed by atoms with Crippen molar-refractivity contribution >= 4 is 5.91 Å². The zero-order valence-corrected chi connectivity index (χ0v) is 8.73. The van der Waals surface area contributed by atoms with E-state index in [0.717, 1.165) is 12.0 Å². The fourth-order valence-corrected chi connectivity index (χ4v) is 2.28. The predicted octanol–water partition coefficient (Wildman–Crippen LogP) is 2.36. The minimum absolute atomic E-state index is 0.368. The van der Waals surface area contributed by atoms with Gasteiger partial charge in [-0.25, -0.2) is 0 Å². The molecule has 0 unspecified atom stereocenters. The van der Waals surface area contributed by atoms with Crippen LogP contribution in [0.4, 0.5) is 0 Å². The molecule has 2 nitrogen and oxygen atoms in total. The molecule has 0 spiro atoms. The number of primary amides is 1. The average Bonchev–Trinajstić information content (AvgIpc) is 2.66. The number of rotatable bonds is 1. The normalized spacial score (nSPS) is 12.0. The molecule has 0 radical (unpaired) electrons. The summed E-state index contributed by atoms with van der Waals surface area (Å²) in [5.74, 6) is -0.368. The highest BCUT2D eigenvalue weighted by Gasteiger charge is 2.18. The van der Waals surface area contributed by atoms with Gasteiger partial charge in [-0.1, -0.05) is 30.3 Å². The number of nitrogens with two attached hydrogens (primary N) is 1. The fraction of sp³-hybridized carbons (Fsp3) is 0.0714. The van der Waals surface area contributed by atoms with Crippen LogP contribution >= 0.6 is 0 Å². The van der Waals surface area contributed by atoms with Crippen LogP contribution in [0.15, 0.2) is 42.5 Å². The van der Waals surface area contributed by atoms with Gasteiger partial charge in [0.1, 0.15) is 0 Å². The van der Waals surface area contributed by atoms with Crippen molar-refractivity contribution in [3.63, 3.8) is 0 Å². The highest BCUT2D eigenvalue weighted by atomic mass is 16.1. The lowest BCUT2D eigenvalue weighted by Crippen LogP contribution is -2.10. The molecule has 0 aromatic heterocycles. The lowest BCUT2D eigenvalue weighted by atomic mass is 10.0. The monoisotopic (exact) mass is 209 g/mol. The average molecular weight is 209 g/mol. The molecule has 16 heavy (non-hydrogen) atoms. The van der Waals surface area contributed by atoms with E-state index in [2.05, 4.69) is 12.1 Å². The van der Waals surface area contributed by atoms with Gasteiger partial charge in [0.05, 0.1) is 0 Å². The van der Waals surface area contributed by atoms with Gasteiger partial charge in [-0.2, -0.15) is 0 Å². The molecule has 2 aromatic rings. The van der Waals surface area contributed by atoms with Crippen molar-refractivity contribution in [2.24, 2.45) is 5.73 Å². The largest absolute Gasteiger partial charge is 0.366 e. The van der Waals surface area contributed by atoms with E-state index in [1.165, 1.54) is 16.7 Å². The van der Waals surface area contributed by atoms with Gasteiger partial charge in [0, 0.05) is 5.56 Å². The van der Waals surface area contributed by atoms with Gasteiger partial charge in [-0.15, -0.1) is 0 Å². The van der Waals surface area contributed by atoms with Crippen molar-refractivity contribution in [3.05, 3.63) is 59.2 Å². The van der Waals surface area contributed by atoms with Gasteiger partial charge in [-0.05, 0) is 40.8 Å². The minimum Gasteiger partial charge on any atom is -0.366 e. The number of carbonyl (C=O) groups is 1. The minimum atomic E-state index is -0.368. The Morgan fingerprint density at radius 3 is 2.56 bits per heavy atom. The third kappa shape index (κ3) is 1.23. The second-order valence-corrected chi connectivity index (χ2v) is 4.07. The van der Waals surface area contributed by atoms with Crippen LogP contribution < -0.4 is 5.73 Å². The summed E-state index contributed by atoms with van der Waals surface area (Å²) in [5, 5.41) is 0. The van der Waals surface area contributed by atoms with Gasteiger partial charge in [0.25, 0.3) is 0 Å². The molecule has 3 rings (SSSR count). The van der Waals surface area contributed by atoms with Crippen LogP contribution in [0.2, 0.25) is 0 Å². The predicted molar refractivity (Wildman–Crippen MR) is 63.2 cm³/mol. The maximum Gasteiger partial charge on any atom is 0.248 e. The summed E-state index contributed by atoms with van der Waals surface area (Å²) >= 11 is 0. The first-order valence-corrected chi connectivity index (χ1v) is 5.27. The standard InChI is InChI=1S/C14H11NO/c15-14(16)11-6-5-10-7-9-3-1-2-4-12(9)13(10)8-11/h1-6,8H,7H2,(H2,15,16). The molecule has 2 heteroatoms. The van der Waals surface area contributed by atoms with Crippen LogP contribution in [0.3, 0.4) is 0 Å². The molecule has 0 atom stereocenters. The molecular formula is C14H11NO. The summed E-state index contributed by atoms with van der Waals surface area (Å²) < 4.78 is 0. The molecule has 1 amide bonds. The summed E-state index contributed by atoms with van der Waals surface area (Å²) in [5.41, 5.74) is 10.8. The van der Waals surface area contributed by atoms with Gasteiger partial charge in [-0.3, -0.25) is 4.79 Å². The van der Waals surface area contributed by atoms with Crippen LogP contribution in [-0.2, 0) is 6.42 Å². The third-order valence-electron chi connectivity index (χ3n) is 3.08. The third-order valence-corrected chi connectivity index (χ3v) is 3.08. The van der Waals surface area contributed by atoms with E-state index in [1.54, 1.807) is 6.07 Å². The lowest BCUT2D eigenvalue weighted by Gasteiger charge is -2.02. The number of amides is 1. The Balaban J connectivity index is 2.22. The first-order valence-electron chi connectivity index (χ1n) is 5.27. The summed E-state index contributed by atoms with van der Waals surface area (Å²) in [6.07, 6.45) is 0.949. The zero-order valence-electron chi connectivity index (χ0n) is 8.73. The summed E-state index contributed by atoms with van der Waals surface area (Å²) in [6.45, 7) is 0. The molecular weight excluding hydrogens is 198 g/mol. The van der Waals surface area contributed by atoms with Crippen molar-refractivity contribution in [1.82, 2.24) is 0 Å². The highest BCUT2D eigenvalue weighted by Crippen LogP contribution is 2.36.